The number of aryl methyl sites for hydroxylation is 1. The summed E-state index contributed by atoms with van der Waals surface area (Å²) in [5.74, 6) is 0.443. The van der Waals surface area contributed by atoms with Crippen LogP contribution < -0.4 is 4.74 Å². The summed E-state index contributed by atoms with van der Waals surface area (Å²) in [5, 5.41) is 8.81. The highest BCUT2D eigenvalue weighted by Crippen LogP contribution is 2.22. The van der Waals surface area contributed by atoms with Crippen LogP contribution in [0.3, 0.4) is 0 Å². The molecule has 0 aromatic heterocycles. The van der Waals surface area contributed by atoms with E-state index in [1.165, 1.54) is 6.92 Å². The molecule has 3 nitrogen and oxygen atoms in total. The van der Waals surface area contributed by atoms with Gasteiger partial charge in [-0.3, -0.25) is 4.79 Å². The molecule has 1 rings (SSSR count). The van der Waals surface area contributed by atoms with Crippen LogP contribution in [-0.4, -0.2) is 11.9 Å². The number of Topliss-reactive ketones (excluding diaryl/α,β-unsaturated/α-hetero) is 1. The molecule has 3 heteroatoms. The van der Waals surface area contributed by atoms with Gasteiger partial charge in [0, 0.05) is 0 Å². The van der Waals surface area contributed by atoms with Crippen LogP contribution in [0.25, 0.3) is 0 Å². The second-order valence-electron chi connectivity index (χ2n) is 3.70. The molecular weight excluding hydrogens is 202 g/mol. The Hall–Kier alpha value is -1.82. The number of hydrogen-bond donors (Lipinski definition) is 0. The summed E-state index contributed by atoms with van der Waals surface area (Å²) in [7, 11) is 0. The Kier molecular flexibility index (Phi) is 4.07. The van der Waals surface area contributed by atoms with Crippen molar-refractivity contribution >= 4 is 5.78 Å². The van der Waals surface area contributed by atoms with E-state index in [9.17, 15) is 4.79 Å². The van der Waals surface area contributed by atoms with Crippen LogP contribution in [0.15, 0.2) is 18.2 Å². The molecule has 1 aromatic carbocycles. The third-order valence-electron chi connectivity index (χ3n) is 2.30. The number of hydrogen-bond acceptors (Lipinski definition) is 3. The molecule has 0 aliphatic rings. The Bertz CT molecular complexity index is 432. The van der Waals surface area contributed by atoms with Crippen LogP contribution in [0.4, 0.5) is 0 Å². The summed E-state index contributed by atoms with van der Waals surface area (Å²) in [4.78, 5) is 11.4. The van der Waals surface area contributed by atoms with Crippen molar-refractivity contribution in [2.45, 2.75) is 33.3 Å². The van der Waals surface area contributed by atoms with E-state index in [1.54, 1.807) is 12.1 Å². The molecule has 0 saturated heterocycles. The number of rotatable bonds is 4. The zero-order chi connectivity index (χ0) is 12.1. The third kappa shape index (κ3) is 2.83. The smallest absolute Gasteiger partial charge is 0.184 e. The van der Waals surface area contributed by atoms with E-state index in [4.69, 9.17) is 10.00 Å². The van der Waals surface area contributed by atoms with Crippen molar-refractivity contribution in [3.8, 4) is 11.8 Å². The van der Waals surface area contributed by atoms with Gasteiger partial charge in [0.05, 0.1) is 5.56 Å². The molecule has 0 N–H and O–H groups in total. The molecule has 1 aromatic rings. The predicted octanol–water partition coefficient (Wildman–Crippen LogP) is 2.88. The van der Waals surface area contributed by atoms with E-state index in [0.717, 1.165) is 5.56 Å². The highest BCUT2D eigenvalue weighted by atomic mass is 16.5. The minimum atomic E-state index is -0.499. The van der Waals surface area contributed by atoms with Gasteiger partial charge >= 0.3 is 0 Å². The number of nitriles is 1. The number of benzene rings is 1. The fraction of sp³-hybridized carbons (Fsp3) is 0.385. The summed E-state index contributed by atoms with van der Waals surface area (Å²) in [6.07, 6.45) is 0.0997. The Labute approximate surface area is 95.7 Å². The van der Waals surface area contributed by atoms with Gasteiger partial charge in [-0.25, -0.2) is 0 Å². The van der Waals surface area contributed by atoms with Gasteiger partial charge in [0.2, 0.25) is 0 Å². The molecule has 0 spiro atoms. The number of ether oxygens (including phenoxy) is 1. The van der Waals surface area contributed by atoms with Gasteiger partial charge in [-0.1, -0.05) is 18.6 Å². The van der Waals surface area contributed by atoms with Gasteiger partial charge in [-0.2, -0.15) is 5.26 Å². The largest absolute Gasteiger partial charge is 0.475 e. The topological polar surface area (TPSA) is 50.1 Å². The van der Waals surface area contributed by atoms with Crippen molar-refractivity contribution in [2.24, 2.45) is 0 Å². The summed E-state index contributed by atoms with van der Waals surface area (Å²) in [6.45, 7) is 5.28. The van der Waals surface area contributed by atoms with Crippen molar-refractivity contribution in [3.63, 3.8) is 0 Å². The van der Waals surface area contributed by atoms with Crippen molar-refractivity contribution in [3.05, 3.63) is 29.3 Å². The summed E-state index contributed by atoms with van der Waals surface area (Å²) >= 11 is 0. The molecule has 1 unspecified atom stereocenters. The van der Waals surface area contributed by atoms with E-state index in [0.29, 0.717) is 17.7 Å². The molecule has 0 bridgehead atoms. The Morgan fingerprint density at radius 3 is 2.75 bits per heavy atom. The highest BCUT2D eigenvalue weighted by molar-refractivity contribution is 5.97. The van der Waals surface area contributed by atoms with E-state index in [-0.39, 0.29) is 5.78 Å². The van der Waals surface area contributed by atoms with Crippen LogP contribution in [0.1, 0.15) is 36.2 Å². The van der Waals surface area contributed by atoms with Crippen molar-refractivity contribution < 1.29 is 9.53 Å². The first kappa shape index (κ1) is 12.3. The molecule has 0 heterocycles. The number of ketones is 1. The first-order valence-corrected chi connectivity index (χ1v) is 5.26. The van der Waals surface area contributed by atoms with E-state index in [1.807, 2.05) is 26.0 Å². The summed E-state index contributed by atoms with van der Waals surface area (Å²) in [6, 6.07) is 7.44. The highest BCUT2D eigenvalue weighted by Gasteiger charge is 2.12. The Morgan fingerprint density at radius 1 is 1.56 bits per heavy atom. The maximum atomic E-state index is 11.4. The fourth-order valence-electron chi connectivity index (χ4n) is 1.38. The quantitative estimate of drug-likeness (QED) is 0.728. The van der Waals surface area contributed by atoms with E-state index < -0.39 is 6.10 Å². The monoisotopic (exact) mass is 217 g/mol. The number of carbonyl (C=O) groups excluding carboxylic acids is 1. The summed E-state index contributed by atoms with van der Waals surface area (Å²) < 4.78 is 5.48. The second-order valence-corrected chi connectivity index (χ2v) is 3.70. The molecule has 0 saturated carbocycles. The van der Waals surface area contributed by atoms with Gasteiger partial charge in [0.1, 0.15) is 11.8 Å². The molecule has 0 aliphatic heterocycles. The number of carbonyl (C=O) groups is 1. The molecule has 0 aliphatic carbocycles. The van der Waals surface area contributed by atoms with Crippen LogP contribution in [0, 0.1) is 18.3 Å². The molecule has 84 valence electrons. The van der Waals surface area contributed by atoms with E-state index in [2.05, 4.69) is 0 Å². The predicted molar refractivity (Wildman–Crippen MR) is 61.5 cm³/mol. The normalized spacial score (nSPS) is 11.6. The minimum Gasteiger partial charge on any atom is -0.475 e. The third-order valence-corrected chi connectivity index (χ3v) is 2.30. The standard InChI is InChI=1S/C13H15NO2/c1-4-11(8-14)16-13-6-5-9(2)7-12(13)10(3)15/h5-7,11H,4H2,1-3H3. The lowest BCUT2D eigenvalue weighted by atomic mass is 10.1. The van der Waals surface area contributed by atoms with Crippen LogP contribution in [0.5, 0.6) is 5.75 Å². The molecule has 16 heavy (non-hydrogen) atoms. The molecule has 0 amide bonds. The zero-order valence-corrected chi connectivity index (χ0v) is 9.78. The van der Waals surface area contributed by atoms with Gasteiger partial charge < -0.3 is 4.74 Å². The van der Waals surface area contributed by atoms with Crippen LogP contribution >= 0.6 is 0 Å². The van der Waals surface area contributed by atoms with Gasteiger partial charge in [0.25, 0.3) is 0 Å². The van der Waals surface area contributed by atoms with Crippen molar-refractivity contribution in [1.29, 1.82) is 5.26 Å². The maximum absolute atomic E-state index is 11.4. The molecule has 0 fully saturated rings. The average Bonchev–Trinajstić information content (AvgIpc) is 2.27. The lowest BCUT2D eigenvalue weighted by molar-refractivity contribution is 0.101. The molecule has 0 radical (unpaired) electrons. The van der Waals surface area contributed by atoms with Crippen molar-refractivity contribution in [2.75, 3.05) is 0 Å². The van der Waals surface area contributed by atoms with Crippen molar-refractivity contribution in [1.82, 2.24) is 0 Å². The lowest BCUT2D eigenvalue weighted by Gasteiger charge is -2.13. The lowest BCUT2D eigenvalue weighted by Crippen LogP contribution is -2.14. The van der Waals surface area contributed by atoms with Crippen LogP contribution in [-0.2, 0) is 0 Å². The Morgan fingerprint density at radius 2 is 2.25 bits per heavy atom. The fourth-order valence-corrected chi connectivity index (χ4v) is 1.38. The van der Waals surface area contributed by atoms with E-state index >= 15 is 0 Å². The Balaban J connectivity index is 3.04. The van der Waals surface area contributed by atoms with Crippen LogP contribution in [0.2, 0.25) is 0 Å². The van der Waals surface area contributed by atoms with Gasteiger partial charge in [0.15, 0.2) is 11.9 Å². The maximum Gasteiger partial charge on any atom is 0.184 e. The molecule has 1 atom stereocenters. The average molecular weight is 217 g/mol. The first-order valence-electron chi connectivity index (χ1n) is 5.26. The summed E-state index contributed by atoms with van der Waals surface area (Å²) in [5.41, 5.74) is 1.54. The molecular formula is C13H15NO2. The minimum absolute atomic E-state index is 0.0495. The second kappa shape index (κ2) is 5.32. The number of nitrogens with zero attached hydrogens (tertiary/aromatic N) is 1. The zero-order valence-electron chi connectivity index (χ0n) is 9.78. The van der Waals surface area contributed by atoms with Gasteiger partial charge in [-0.05, 0) is 32.4 Å². The first-order chi connectivity index (χ1) is 7.58. The van der Waals surface area contributed by atoms with Gasteiger partial charge in [-0.15, -0.1) is 0 Å². The SMILES string of the molecule is CCC(C#N)Oc1ccc(C)cc1C(C)=O.